The van der Waals surface area contributed by atoms with E-state index >= 15 is 0 Å². The minimum atomic E-state index is -5.20. The van der Waals surface area contributed by atoms with Gasteiger partial charge in [-0.05, 0) is 48.9 Å². The number of carboxylic acids is 1. The Morgan fingerprint density at radius 3 is 2.29 bits per heavy atom. The number of aromatic carboxylic acids is 1. The lowest BCUT2D eigenvalue weighted by atomic mass is 10.2. The Kier molecular flexibility index (Phi) is 8.15. The molecular formula is C24H17Cl2F6N7O3. The molecule has 0 bridgehead atoms. The first-order chi connectivity index (χ1) is 19.5. The summed E-state index contributed by atoms with van der Waals surface area (Å²) in [7, 11) is 1.35. The highest BCUT2D eigenvalue weighted by Crippen LogP contribution is 2.35. The van der Waals surface area contributed by atoms with Gasteiger partial charge in [-0.2, -0.15) is 36.5 Å². The Labute approximate surface area is 242 Å². The minimum Gasteiger partial charge on any atom is -0.477 e. The first kappa shape index (κ1) is 30.6. The highest BCUT2D eigenvalue weighted by atomic mass is 35.5. The monoisotopic (exact) mass is 635 g/mol. The number of carbonyl (C=O) groups is 2. The lowest BCUT2D eigenvalue weighted by Gasteiger charge is -2.19. The lowest BCUT2D eigenvalue weighted by Crippen LogP contribution is -2.32. The van der Waals surface area contributed by atoms with Crippen molar-refractivity contribution in [2.75, 3.05) is 17.3 Å². The quantitative estimate of drug-likeness (QED) is 0.233. The van der Waals surface area contributed by atoms with E-state index in [2.05, 4.69) is 20.5 Å². The number of urea groups is 1. The smallest absolute Gasteiger partial charge is 0.435 e. The van der Waals surface area contributed by atoms with E-state index in [9.17, 15) is 41.0 Å². The molecule has 1 aromatic carbocycles. The fourth-order valence-corrected chi connectivity index (χ4v) is 4.12. The van der Waals surface area contributed by atoms with Crippen LogP contribution in [0.25, 0.3) is 5.82 Å². The Bertz CT molecular complexity index is 1680. The molecule has 0 spiro atoms. The molecule has 0 aliphatic rings. The van der Waals surface area contributed by atoms with Gasteiger partial charge in [0.15, 0.2) is 17.2 Å². The number of aryl methyl sites for hydroxylation is 1. The summed E-state index contributed by atoms with van der Waals surface area (Å²) < 4.78 is 80.2. The molecule has 0 saturated carbocycles. The number of nitrogens with zero attached hydrogens (tertiary/aromatic N) is 6. The molecule has 3 heterocycles. The van der Waals surface area contributed by atoms with Crippen LogP contribution in [0, 0.1) is 6.92 Å². The summed E-state index contributed by atoms with van der Waals surface area (Å²) in [6, 6.07) is 7.40. The molecule has 4 rings (SSSR count). The molecule has 0 saturated heterocycles. The van der Waals surface area contributed by atoms with Gasteiger partial charge in [0.2, 0.25) is 0 Å². The zero-order valence-corrected chi connectivity index (χ0v) is 22.7. The number of benzene rings is 1. The van der Waals surface area contributed by atoms with Crippen molar-refractivity contribution < 1.29 is 41.0 Å². The third-order valence-electron chi connectivity index (χ3n) is 5.74. The summed E-state index contributed by atoms with van der Waals surface area (Å²) in [5, 5.41) is 19.6. The number of aromatic nitrogens is 5. The second kappa shape index (κ2) is 11.2. The van der Waals surface area contributed by atoms with Crippen LogP contribution in [0.4, 0.5) is 42.6 Å². The van der Waals surface area contributed by atoms with Gasteiger partial charge in [0.25, 0.3) is 0 Å². The summed E-state index contributed by atoms with van der Waals surface area (Å²) in [6.45, 7) is 0.742. The molecule has 0 aliphatic heterocycles. The molecule has 3 aromatic heterocycles. The second-order valence-electron chi connectivity index (χ2n) is 8.73. The predicted molar refractivity (Wildman–Crippen MR) is 138 cm³/mol. The van der Waals surface area contributed by atoms with E-state index in [0.29, 0.717) is 21.0 Å². The van der Waals surface area contributed by atoms with Gasteiger partial charge >= 0.3 is 24.4 Å². The molecule has 0 aliphatic carbocycles. The van der Waals surface area contributed by atoms with Crippen molar-refractivity contribution in [2.45, 2.75) is 25.8 Å². The van der Waals surface area contributed by atoms with Crippen molar-refractivity contribution in [1.82, 2.24) is 24.5 Å². The number of hydrogen-bond acceptors (Lipinski definition) is 5. The number of carbonyl (C=O) groups excluding carboxylic acids is 1. The molecule has 222 valence electrons. The van der Waals surface area contributed by atoms with Gasteiger partial charge < -0.3 is 10.4 Å². The van der Waals surface area contributed by atoms with Crippen LogP contribution >= 0.6 is 23.2 Å². The molecule has 4 aromatic rings. The SMILES string of the molecule is Cc1cc(Cl)ccc1NC(=O)N(C)c1ccc(Cl)c(-n2nc(Cn3nc(C(F)(F)F)cc3C(F)(F)F)cc2C(=O)O)n1. The molecule has 0 unspecified atom stereocenters. The summed E-state index contributed by atoms with van der Waals surface area (Å²) in [6.07, 6.45) is -10.4. The van der Waals surface area contributed by atoms with Crippen LogP contribution in [-0.4, -0.2) is 48.7 Å². The van der Waals surface area contributed by atoms with Gasteiger partial charge in [-0.15, -0.1) is 0 Å². The van der Waals surface area contributed by atoms with E-state index in [4.69, 9.17) is 23.2 Å². The van der Waals surface area contributed by atoms with Gasteiger partial charge in [0.1, 0.15) is 11.5 Å². The fraction of sp³-hybridized carbons (Fsp3) is 0.208. The van der Waals surface area contributed by atoms with Crippen molar-refractivity contribution in [3.63, 3.8) is 0 Å². The Balaban J connectivity index is 1.70. The molecule has 42 heavy (non-hydrogen) atoms. The van der Waals surface area contributed by atoms with Crippen molar-refractivity contribution in [3.8, 4) is 5.82 Å². The highest BCUT2D eigenvalue weighted by Gasteiger charge is 2.42. The zero-order chi connectivity index (χ0) is 31.1. The standard InChI is InChI=1S/C24H17Cl2F6N7O3/c1-11-7-12(25)3-5-15(11)33-22(42)37(2)19-6-4-14(26)20(34-19)39-16(21(40)41)8-13(35-39)10-38-18(24(30,31)32)9-17(36-38)23(27,28)29/h3-9H,10H2,1-2H3,(H,33,42)(H,40,41). The number of pyridine rings is 1. The number of carboxylic acid groups (broad SMARTS) is 1. The van der Waals surface area contributed by atoms with Crippen molar-refractivity contribution in [3.05, 3.63) is 80.8 Å². The summed E-state index contributed by atoms with van der Waals surface area (Å²) in [5.41, 5.74) is -3.43. The number of amides is 2. The number of halogens is 8. The highest BCUT2D eigenvalue weighted by molar-refractivity contribution is 6.32. The average Bonchev–Trinajstić information content (AvgIpc) is 3.51. The van der Waals surface area contributed by atoms with Gasteiger partial charge in [0, 0.05) is 23.8 Å². The third kappa shape index (κ3) is 6.44. The summed E-state index contributed by atoms with van der Waals surface area (Å²) >= 11 is 12.2. The summed E-state index contributed by atoms with van der Waals surface area (Å²) in [4.78, 5) is 30.1. The third-order valence-corrected chi connectivity index (χ3v) is 6.27. The van der Waals surface area contributed by atoms with Crippen molar-refractivity contribution >= 4 is 46.7 Å². The molecule has 10 nitrogen and oxygen atoms in total. The van der Waals surface area contributed by atoms with Crippen LogP contribution in [0.15, 0.2) is 42.5 Å². The van der Waals surface area contributed by atoms with E-state index in [-0.39, 0.29) is 27.4 Å². The maximum Gasteiger partial charge on any atom is 0.435 e. The van der Waals surface area contributed by atoms with Crippen LogP contribution in [-0.2, 0) is 18.9 Å². The maximum atomic E-state index is 13.4. The van der Waals surface area contributed by atoms with E-state index in [1.165, 1.54) is 19.2 Å². The normalized spacial score (nSPS) is 12.0. The first-order valence-corrected chi connectivity index (χ1v) is 12.2. The van der Waals surface area contributed by atoms with Gasteiger partial charge in [-0.25, -0.2) is 19.3 Å². The topological polar surface area (TPSA) is 118 Å². The number of anilines is 2. The van der Waals surface area contributed by atoms with Gasteiger partial charge in [0.05, 0.1) is 17.3 Å². The van der Waals surface area contributed by atoms with Crippen molar-refractivity contribution in [1.29, 1.82) is 0 Å². The molecular weight excluding hydrogens is 619 g/mol. The lowest BCUT2D eigenvalue weighted by molar-refractivity contribution is -0.144. The number of hydrogen-bond donors (Lipinski definition) is 2. The number of alkyl halides is 6. The molecule has 2 amide bonds. The zero-order valence-electron chi connectivity index (χ0n) is 21.2. The Hall–Kier alpha value is -4.31. The van der Waals surface area contributed by atoms with Gasteiger partial charge in [-0.3, -0.25) is 9.58 Å². The first-order valence-electron chi connectivity index (χ1n) is 11.5. The molecule has 18 heteroatoms. The van der Waals surface area contributed by atoms with E-state index in [1.54, 1.807) is 25.1 Å². The van der Waals surface area contributed by atoms with Gasteiger partial charge in [-0.1, -0.05) is 23.2 Å². The van der Waals surface area contributed by atoms with Crippen LogP contribution in [0.2, 0.25) is 10.0 Å². The molecule has 0 fully saturated rings. The second-order valence-corrected chi connectivity index (χ2v) is 9.57. The Morgan fingerprint density at radius 1 is 1.00 bits per heavy atom. The van der Waals surface area contributed by atoms with E-state index < -0.39 is 53.7 Å². The largest absolute Gasteiger partial charge is 0.477 e. The minimum absolute atomic E-state index is 0.0173. The number of rotatable bonds is 6. The van der Waals surface area contributed by atoms with Crippen LogP contribution in [0.1, 0.15) is 33.1 Å². The Morgan fingerprint density at radius 2 is 1.69 bits per heavy atom. The number of nitrogens with one attached hydrogen (secondary N) is 1. The average molecular weight is 636 g/mol. The van der Waals surface area contributed by atoms with Crippen LogP contribution in [0.5, 0.6) is 0 Å². The molecule has 0 radical (unpaired) electrons. The molecule has 0 atom stereocenters. The van der Waals surface area contributed by atoms with E-state index in [1.807, 2.05) is 0 Å². The predicted octanol–water partition coefficient (Wildman–Crippen LogP) is 6.53. The van der Waals surface area contributed by atoms with Crippen LogP contribution < -0.4 is 10.2 Å². The molecule has 2 N–H and O–H groups in total. The van der Waals surface area contributed by atoms with Crippen molar-refractivity contribution in [2.24, 2.45) is 0 Å². The van der Waals surface area contributed by atoms with Crippen LogP contribution in [0.3, 0.4) is 0 Å². The maximum absolute atomic E-state index is 13.4. The van der Waals surface area contributed by atoms with E-state index in [0.717, 1.165) is 11.0 Å². The fourth-order valence-electron chi connectivity index (χ4n) is 3.71. The summed E-state index contributed by atoms with van der Waals surface area (Å²) in [5.74, 6) is -1.96.